The Labute approximate surface area is 180 Å². The maximum absolute atomic E-state index is 12.4. The van der Waals surface area contributed by atoms with Crippen molar-refractivity contribution < 1.29 is 9.53 Å². The van der Waals surface area contributed by atoms with E-state index in [4.69, 9.17) is 16.3 Å². The minimum atomic E-state index is 0.0926. The van der Waals surface area contributed by atoms with Crippen LogP contribution in [0.2, 0.25) is 5.02 Å². The molecule has 0 spiro atoms. The van der Waals surface area contributed by atoms with Crippen LogP contribution in [0, 0.1) is 12.8 Å². The Morgan fingerprint density at radius 1 is 1.21 bits per heavy atom. The summed E-state index contributed by atoms with van der Waals surface area (Å²) >= 11 is 9.56. The van der Waals surface area contributed by atoms with Gasteiger partial charge in [0, 0.05) is 22.0 Å². The van der Waals surface area contributed by atoms with Crippen molar-refractivity contribution in [3.63, 3.8) is 0 Å². The average molecular weight is 466 g/mol. The highest BCUT2D eigenvalue weighted by Crippen LogP contribution is 2.22. The third-order valence-electron chi connectivity index (χ3n) is 5.09. The summed E-state index contributed by atoms with van der Waals surface area (Å²) in [5.41, 5.74) is 2.33. The first kappa shape index (κ1) is 21.2. The number of ether oxygens (including phenoxy) is 1. The molecule has 1 amide bonds. The summed E-state index contributed by atoms with van der Waals surface area (Å²) in [4.78, 5) is 14.8. The number of carbonyl (C=O) groups excluding carboxylic acids is 1. The van der Waals surface area contributed by atoms with Crippen molar-refractivity contribution in [3.8, 4) is 5.75 Å². The second-order valence-electron chi connectivity index (χ2n) is 7.23. The quantitative estimate of drug-likeness (QED) is 0.596. The van der Waals surface area contributed by atoms with E-state index in [1.807, 2.05) is 19.1 Å². The Bertz CT molecular complexity index is 790. The zero-order valence-corrected chi connectivity index (χ0v) is 18.4. The molecular formula is C22H26BrClN2O2. The molecule has 6 heteroatoms. The fourth-order valence-corrected chi connectivity index (χ4v) is 3.79. The van der Waals surface area contributed by atoms with Gasteiger partial charge in [-0.1, -0.05) is 45.7 Å². The zero-order chi connectivity index (χ0) is 19.9. The van der Waals surface area contributed by atoms with Crippen molar-refractivity contribution in [2.45, 2.75) is 26.3 Å². The molecule has 0 aromatic heterocycles. The number of hydrogen-bond donors (Lipinski definition) is 1. The van der Waals surface area contributed by atoms with E-state index in [-0.39, 0.29) is 11.8 Å². The van der Waals surface area contributed by atoms with Crippen molar-refractivity contribution in [3.05, 3.63) is 63.1 Å². The standard InChI is InChI=1S/C22H26BrClN2O2/c1-16-2-7-20(14-21(16)24)28-13-10-25-22(27)18-8-11-26(12-9-18)15-17-3-5-19(23)6-4-17/h2-7,14,18H,8-13,15H2,1H3,(H,25,27). The van der Waals surface area contributed by atoms with Gasteiger partial charge in [-0.05, 0) is 68.2 Å². The van der Waals surface area contributed by atoms with Crippen LogP contribution >= 0.6 is 27.5 Å². The van der Waals surface area contributed by atoms with Gasteiger partial charge in [-0.3, -0.25) is 9.69 Å². The number of piperidine rings is 1. The minimum absolute atomic E-state index is 0.0926. The normalized spacial score (nSPS) is 15.4. The van der Waals surface area contributed by atoms with Crippen LogP contribution in [0.1, 0.15) is 24.0 Å². The van der Waals surface area contributed by atoms with E-state index < -0.39 is 0 Å². The fraction of sp³-hybridized carbons (Fsp3) is 0.409. The third-order valence-corrected chi connectivity index (χ3v) is 6.03. The van der Waals surface area contributed by atoms with Crippen LogP contribution in [0.15, 0.2) is 46.9 Å². The molecular weight excluding hydrogens is 440 g/mol. The molecule has 3 rings (SSSR count). The molecule has 4 nitrogen and oxygen atoms in total. The van der Waals surface area contributed by atoms with E-state index >= 15 is 0 Å². The number of nitrogens with one attached hydrogen (secondary N) is 1. The van der Waals surface area contributed by atoms with Gasteiger partial charge >= 0.3 is 0 Å². The molecule has 1 aliphatic rings. The highest BCUT2D eigenvalue weighted by atomic mass is 79.9. The number of halogens is 2. The van der Waals surface area contributed by atoms with Gasteiger partial charge in [-0.2, -0.15) is 0 Å². The van der Waals surface area contributed by atoms with Gasteiger partial charge in [0.15, 0.2) is 0 Å². The number of rotatable bonds is 7. The van der Waals surface area contributed by atoms with Crippen LogP contribution < -0.4 is 10.1 Å². The lowest BCUT2D eigenvalue weighted by atomic mass is 9.95. The number of aryl methyl sites for hydroxylation is 1. The van der Waals surface area contributed by atoms with Crippen molar-refractivity contribution in [1.29, 1.82) is 0 Å². The summed E-state index contributed by atoms with van der Waals surface area (Å²) in [6, 6.07) is 14.1. The Balaban J connectivity index is 1.34. The summed E-state index contributed by atoms with van der Waals surface area (Å²) in [6.07, 6.45) is 1.80. The van der Waals surface area contributed by atoms with Gasteiger partial charge in [0.1, 0.15) is 12.4 Å². The molecule has 0 bridgehead atoms. The molecule has 0 unspecified atom stereocenters. The van der Waals surface area contributed by atoms with E-state index in [1.165, 1.54) is 5.56 Å². The highest BCUT2D eigenvalue weighted by Gasteiger charge is 2.24. The van der Waals surface area contributed by atoms with Crippen LogP contribution in [0.25, 0.3) is 0 Å². The number of amides is 1. The number of carbonyl (C=O) groups is 1. The van der Waals surface area contributed by atoms with Gasteiger partial charge < -0.3 is 10.1 Å². The summed E-state index contributed by atoms with van der Waals surface area (Å²) in [6.45, 7) is 5.74. The molecule has 2 aromatic rings. The summed E-state index contributed by atoms with van der Waals surface area (Å²) in [5, 5.41) is 3.69. The third kappa shape index (κ3) is 6.23. The minimum Gasteiger partial charge on any atom is -0.492 e. The van der Waals surface area contributed by atoms with Crippen LogP contribution in [-0.2, 0) is 11.3 Å². The molecule has 0 saturated carbocycles. The largest absolute Gasteiger partial charge is 0.492 e. The summed E-state index contributed by atoms with van der Waals surface area (Å²) < 4.78 is 6.76. The molecule has 2 aromatic carbocycles. The van der Waals surface area contributed by atoms with Gasteiger partial charge in [-0.25, -0.2) is 0 Å². The van der Waals surface area contributed by atoms with Crippen LogP contribution in [0.3, 0.4) is 0 Å². The monoisotopic (exact) mass is 464 g/mol. The molecule has 150 valence electrons. The van der Waals surface area contributed by atoms with E-state index in [2.05, 4.69) is 50.4 Å². The lowest BCUT2D eigenvalue weighted by Crippen LogP contribution is -2.41. The van der Waals surface area contributed by atoms with Crippen molar-refractivity contribution >= 4 is 33.4 Å². The van der Waals surface area contributed by atoms with E-state index in [9.17, 15) is 4.79 Å². The lowest BCUT2D eigenvalue weighted by molar-refractivity contribution is -0.126. The lowest BCUT2D eigenvalue weighted by Gasteiger charge is -2.31. The SMILES string of the molecule is Cc1ccc(OCCNC(=O)C2CCN(Cc3ccc(Br)cc3)CC2)cc1Cl. The molecule has 1 aliphatic heterocycles. The van der Waals surface area contributed by atoms with Gasteiger partial charge in [-0.15, -0.1) is 0 Å². The molecule has 1 N–H and O–H groups in total. The average Bonchev–Trinajstić information content (AvgIpc) is 2.70. The number of likely N-dealkylation sites (tertiary alicyclic amines) is 1. The van der Waals surface area contributed by atoms with Crippen LogP contribution in [-0.4, -0.2) is 37.0 Å². The molecule has 28 heavy (non-hydrogen) atoms. The van der Waals surface area contributed by atoms with Gasteiger partial charge in [0.05, 0.1) is 6.54 Å². The van der Waals surface area contributed by atoms with Gasteiger partial charge in [0.25, 0.3) is 0 Å². The second kappa shape index (κ2) is 10.3. The second-order valence-corrected chi connectivity index (χ2v) is 8.55. The van der Waals surface area contributed by atoms with Crippen molar-refractivity contribution in [1.82, 2.24) is 10.2 Å². The maximum atomic E-state index is 12.4. The predicted molar refractivity (Wildman–Crippen MR) is 117 cm³/mol. The van der Waals surface area contributed by atoms with Crippen molar-refractivity contribution in [2.24, 2.45) is 5.92 Å². The molecule has 1 fully saturated rings. The maximum Gasteiger partial charge on any atom is 0.223 e. The molecule has 0 radical (unpaired) electrons. The van der Waals surface area contributed by atoms with E-state index in [0.29, 0.717) is 18.2 Å². The molecule has 1 saturated heterocycles. The fourth-order valence-electron chi connectivity index (χ4n) is 3.35. The molecule has 1 heterocycles. The van der Waals surface area contributed by atoms with E-state index in [0.717, 1.165) is 48.3 Å². The molecule has 0 atom stereocenters. The number of hydrogen-bond acceptors (Lipinski definition) is 3. The number of benzene rings is 2. The van der Waals surface area contributed by atoms with Crippen LogP contribution in [0.4, 0.5) is 0 Å². The summed E-state index contributed by atoms with van der Waals surface area (Å²) in [5.74, 6) is 0.954. The first-order valence-corrected chi connectivity index (χ1v) is 10.8. The first-order chi connectivity index (χ1) is 13.5. The van der Waals surface area contributed by atoms with Crippen LogP contribution in [0.5, 0.6) is 5.75 Å². The first-order valence-electron chi connectivity index (χ1n) is 9.65. The molecule has 0 aliphatic carbocycles. The summed E-state index contributed by atoms with van der Waals surface area (Å²) in [7, 11) is 0. The van der Waals surface area contributed by atoms with Gasteiger partial charge in [0.2, 0.25) is 5.91 Å². The number of nitrogens with zero attached hydrogens (tertiary/aromatic N) is 1. The zero-order valence-electron chi connectivity index (χ0n) is 16.1. The topological polar surface area (TPSA) is 41.6 Å². The van der Waals surface area contributed by atoms with E-state index in [1.54, 1.807) is 6.07 Å². The highest BCUT2D eigenvalue weighted by molar-refractivity contribution is 9.10. The smallest absolute Gasteiger partial charge is 0.223 e. The Morgan fingerprint density at radius 2 is 1.93 bits per heavy atom. The Hall–Kier alpha value is -1.56. The Kier molecular flexibility index (Phi) is 7.77. The predicted octanol–water partition coefficient (Wildman–Crippen LogP) is 4.82. The van der Waals surface area contributed by atoms with Crippen molar-refractivity contribution in [2.75, 3.05) is 26.2 Å². The Morgan fingerprint density at radius 3 is 2.61 bits per heavy atom.